The van der Waals surface area contributed by atoms with Crippen LogP contribution in [0.2, 0.25) is 0 Å². The van der Waals surface area contributed by atoms with Gasteiger partial charge in [-0.15, -0.1) is 11.8 Å². The lowest BCUT2D eigenvalue weighted by atomic mass is 9.93. The molecule has 1 aromatic carbocycles. The van der Waals surface area contributed by atoms with Crippen LogP contribution in [0, 0.1) is 0 Å². The molecule has 2 amide bonds. The number of methoxy groups -OCH3 is 1. The fourth-order valence-electron chi connectivity index (χ4n) is 3.63. The van der Waals surface area contributed by atoms with Gasteiger partial charge in [0.05, 0.1) is 0 Å². The fraction of sp³-hybridized carbons (Fsp3) is 0.571. The predicted octanol–water partition coefficient (Wildman–Crippen LogP) is 1.93. The van der Waals surface area contributed by atoms with Gasteiger partial charge in [0.15, 0.2) is 6.61 Å². The first-order valence-electron chi connectivity index (χ1n) is 9.69. The summed E-state index contributed by atoms with van der Waals surface area (Å²) in [5.74, 6) is -0.897. The first-order chi connectivity index (χ1) is 13.9. The number of β-lactam (4-membered cyclic amide) rings is 1. The number of hydrogen-bond donors (Lipinski definition) is 1. The Bertz CT molecular complexity index is 838. The lowest BCUT2D eigenvalue weighted by molar-refractivity contribution is -0.204. The van der Waals surface area contributed by atoms with Crippen molar-refractivity contribution in [2.45, 2.75) is 62.1 Å². The number of nitrogens with one attached hydrogen (secondary N) is 1. The molecule has 0 spiro atoms. The summed E-state index contributed by atoms with van der Waals surface area (Å²) in [7, 11) is 1.36. The van der Waals surface area contributed by atoms with Gasteiger partial charge in [-0.1, -0.05) is 18.2 Å². The number of hydrogen-bond acceptors (Lipinski definition) is 7. The number of carbonyl (C=O) groups is 3. The van der Waals surface area contributed by atoms with Crippen molar-refractivity contribution in [1.29, 1.82) is 0 Å². The number of carbonyl (C=O) groups excluding carboxylic acids is 3. The summed E-state index contributed by atoms with van der Waals surface area (Å²) >= 11 is 1.40. The maximum atomic E-state index is 13.1. The van der Waals surface area contributed by atoms with E-state index < -0.39 is 45.3 Å². The highest BCUT2D eigenvalue weighted by Gasteiger charge is 2.73. The molecule has 1 unspecified atom stereocenters. The molecule has 164 valence electrons. The van der Waals surface area contributed by atoms with Gasteiger partial charge >= 0.3 is 5.97 Å². The number of rotatable bonds is 6. The highest BCUT2D eigenvalue weighted by molar-refractivity contribution is 8.01. The minimum Gasteiger partial charge on any atom is -0.484 e. The average molecular weight is 437 g/mol. The van der Waals surface area contributed by atoms with Crippen LogP contribution in [0.3, 0.4) is 0 Å². The van der Waals surface area contributed by atoms with E-state index in [1.807, 2.05) is 19.9 Å². The van der Waals surface area contributed by atoms with Gasteiger partial charge < -0.3 is 24.4 Å². The molecular formula is C21H28N2O6S. The summed E-state index contributed by atoms with van der Waals surface area (Å²) in [5, 5.41) is 2.11. The Hall–Kier alpha value is -2.26. The number of fused-ring (bicyclic) bond motifs is 1. The number of nitrogens with zero attached hydrogens (tertiary/aromatic N) is 1. The second kappa shape index (κ2) is 7.77. The molecule has 2 aliphatic heterocycles. The van der Waals surface area contributed by atoms with Gasteiger partial charge in [0.2, 0.25) is 0 Å². The molecule has 0 aliphatic carbocycles. The Labute approximate surface area is 180 Å². The zero-order valence-corrected chi connectivity index (χ0v) is 18.9. The Kier molecular flexibility index (Phi) is 5.81. The molecule has 3 rings (SSSR count). The van der Waals surface area contributed by atoms with Crippen LogP contribution in [0.1, 0.15) is 34.6 Å². The molecule has 3 atom stereocenters. The third-order valence-electron chi connectivity index (χ3n) is 4.89. The van der Waals surface area contributed by atoms with E-state index in [0.717, 1.165) is 0 Å². The van der Waals surface area contributed by atoms with Crippen molar-refractivity contribution in [3.05, 3.63) is 30.3 Å². The summed E-state index contributed by atoms with van der Waals surface area (Å²) in [6, 6.07) is 8.12. The number of ether oxygens (including phenoxy) is 3. The van der Waals surface area contributed by atoms with Crippen molar-refractivity contribution in [3.8, 4) is 5.75 Å². The monoisotopic (exact) mass is 436 g/mol. The van der Waals surface area contributed by atoms with E-state index in [0.29, 0.717) is 5.75 Å². The lowest BCUT2D eigenvalue weighted by Gasteiger charge is -2.51. The number of para-hydroxylation sites is 1. The largest absolute Gasteiger partial charge is 0.484 e. The lowest BCUT2D eigenvalue weighted by Crippen LogP contribution is -2.80. The van der Waals surface area contributed by atoms with Crippen molar-refractivity contribution in [2.24, 2.45) is 0 Å². The van der Waals surface area contributed by atoms with Crippen LogP contribution in [-0.2, 0) is 23.9 Å². The summed E-state index contributed by atoms with van der Waals surface area (Å²) in [6.45, 7) is 8.82. The number of amides is 2. The highest BCUT2D eigenvalue weighted by Crippen LogP contribution is 2.55. The summed E-state index contributed by atoms with van der Waals surface area (Å²) in [5.41, 5.74) is -2.22. The van der Waals surface area contributed by atoms with Crippen molar-refractivity contribution >= 4 is 29.5 Å². The quantitative estimate of drug-likeness (QED) is 0.414. The smallest absolute Gasteiger partial charge is 0.330 e. The second-order valence-electron chi connectivity index (χ2n) is 8.81. The molecule has 2 saturated heterocycles. The van der Waals surface area contributed by atoms with Gasteiger partial charge in [-0.2, -0.15) is 0 Å². The molecule has 9 heteroatoms. The fourth-order valence-corrected chi connectivity index (χ4v) is 5.30. The Morgan fingerprint density at radius 1 is 1.20 bits per heavy atom. The van der Waals surface area contributed by atoms with E-state index in [-0.39, 0.29) is 6.61 Å². The summed E-state index contributed by atoms with van der Waals surface area (Å²) in [4.78, 5) is 39.9. The van der Waals surface area contributed by atoms with E-state index in [1.165, 1.54) is 23.8 Å². The van der Waals surface area contributed by atoms with Crippen LogP contribution in [0.5, 0.6) is 5.75 Å². The van der Waals surface area contributed by atoms with Gasteiger partial charge in [-0.3, -0.25) is 9.59 Å². The van der Waals surface area contributed by atoms with Crippen LogP contribution in [0.25, 0.3) is 0 Å². The summed E-state index contributed by atoms with van der Waals surface area (Å²) in [6.07, 6.45) is 0. The predicted molar refractivity (Wildman–Crippen MR) is 112 cm³/mol. The Balaban J connectivity index is 1.73. The highest BCUT2D eigenvalue weighted by atomic mass is 32.2. The molecule has 0 radical (unpaired) electrons. The van der Waals surface area contributed by atoms with E-state index in [2.05, 4.69) is 5.32 Å². The molecule has 1 aromatic rings. The van der Waals surface area contributed by atoms with Crippen LogP contribution in [-0.4, -0.2) is 63.9 Å². The van der Waals surface area contributed by atoms with Gasteiger partial charge in [0.25, 0.3) is 17.5 Å². The Morgan fingerprint density at radius 3 is 2.40 bits per heavy atom. The van der Waals surface area contributed by atoms with Crippen LogP contribution in [0.4, 0.5) is 0 Å². The van der Waals surface area contributed by atoms with Crippen molar-refractivity contribution < 1.29 is 28.6 Å². The van der Waals surface area contributed by atoms with Gasteiger partial charge in [0, 0.05) is 11.9 Å². The van der Waals surface area contributed by atoms with Crippen LogP contribution < -0.4 is 10.1 Å². The van der Waals surface area contributed by atoms with Crippen LogP contribution in [0.15, 0.2) is 30.3 Å². The first-order valence-corrected chi connectivity index (χ1v) is 10.6. The molecule has 2 fully saturated rings. The molecule has 0 saturated carbocycles. The molecule has 2 heterocycles. The third kappa shape index (κ3) is 4.00. The van der Waals surface area contributed by atoms with Gasteiger partial charge in [-0.05, 0) is 46.8 Å². The Morgan fingerprint density at radius 2 is 1.83 bits per heavy atom. The molecular weight excluding hydrogens is 408 g/mol. The van der Waals surface area contributed by atoms with E-state index >= 15 is 0 Å². The maximum Gasteiger partial charge on any atom is 0.330 e. The number of esters is 1. The first kappa shape index (κ1) is 22.4. The van der Waals surface area contributed by atoms with Crippen LogP contribution >= 0.6 is 11.8 Å². The minimum absolute atomic E-state index is 0.265. The van der Waals surface area contributed by atoms with Gasteiger partial charge in [0.1, 0.15) is 22.8 Å². The zero-order valence-electron chi connectivity index (χ0n) is 18.1. The molecule has 8 nitrogen and oxygen atoms in total. The van der Waals surface area contributed by atoms with Crippen molar-refractivity contribution in [1.82, 2.24) is 10.2 Å². The SMILES string of the molecule is COC1(NC(=O)COc2ccccc2)C(=O)N2[C@@H](C(=O)OC(C)(C)C)C(C)(C)S[C@@H]21. The standard InChI is InChI=1S/C21H28N2O6S/c1-19(2,3)29-16(25)15-20(4,5)30-18-21(27-6,17(26)23(15)18)22-14(24)12-28-13-10-8-7-9-11-13/h7-11,15,18H,12H2,1-6H3,(H,22,24)/t15-,18+,21?/m0/s1. The van der Waals surface area contributed by atoms with E-state index in [9.17, 15) is 14.4 Å². The third-order valence-corrected chi connectivity index (χ3v) is 6.51. The average Bonchev–Trinajstić information content (AvgIpc) is 2.93. The van der Waals surface area contributed by atoms with Crippen molar-refractivity contribution in [2.75, 3.05) is 13.7 Å². The summed E-state index contributed by atoms with van der Waals surface area (Å²) < 4.78 is 15.9. The van der Waals surface area contributed by atoms with E-state index in [1.54, 1.807) is 45.0 Å². The molecule has 0 bridgehead atoms. The molecule has 0 aromatic heterocycles. The van der Waals surface area contributed by atoms with Crippen molar-refractivity contribution in [3.63, 3.8) is 0 Å². The number of benzene rings is 1. The molecule has 1 N–H and O–H groups in total. The van der Waals surface area contributed by atoms with E-state index in [4.69, 9.17) is 14.2 Å². The maximum absolute atomic E-state index is 13.1. The topological polar surface area (TPSA) is 94.2 Å². The normalized spacial score (nSPS) is 27.1. The molecule has 30 heavy (non-hydrogen) atoms. The van der Waals surface area contributed by atoms with Gasteiger partial charge in [-0.25, -0.2) is 4.79 Å². The molecule has 2 aliphatic rings. The minimum atomic E-state index is -1.55. The second-order valence-corrected chi connectivity index (χ2v) is 10.5. The number of thioether (sulfide) groups is 1. The zero-order chi connectivity index (χ0) is 22.3.